The van der Waals surface area contributed by atoms with Gasteiger partial charge >= 0.3 is 0 Å². The Morgan fingerprint density at radius 1 is 1.19 bits per heavy atom. The summed E-state index contributed by atoms with van der Waals surface area (Å²) in [6.07, 6.45) is 0.288. The van der Waals surface area contributed by atoms with Crippen LogP contribution in [0.15, 0.2) is 64.5 Å². The lowest BCUT2D eigenvalue weighted by molar-refractivity contribution is -0.127. The molecule has 3 aromatic rings. The second-order valence-electron chi connectivity index (χ2n) is 5.90. The van der Waals surface area contributed by atoms with Gasteiger partial charge in [-0.05, 0) is 24.3 Å². The highest BCUT2D eigenvalue weighted by Gasteiger charge is 2.16. The third-order valence-electron chi connectivity index (χ3n) is 4.07. The number of hydrogen-bond acceptors (Lipinski definition) is 5. The van der Waals surface area contributed by atoms with E-state index in [1.165, 1.54) is 21.2 Å². The number of carbonyl (C=O) groups is 1. The molecule has 0 unspecified atom stereocenters. The smallest absolute Gasteiger partial charge is 0.266 e. The van der Waals surface area contributed by atoms with Crippen LogP contribution in [0, 0.1) is 11.3 Å². The van der Waals surface area contributed by atoms with Crippen LogP contribution >= 0.6 is 11.8 Å². The van der Waals surface area contributed by atoms with Gasteiger partial charge in [-0.15, -0.1) is 0 Å². The molecule has 0 atom stereocenters. The summed E-state index contributed by atoms with van der Waals surface area (Å²) in [4.78, 5) is 31.5. The number of nitrogens with zero attached hydrogens (tertiary/aromatic N) is 4. The first-order valence-electron chi connectivity index (χ1n) is 8.42. The number of para-hydroxylation sites is 2. The molecule has 0 fully saturated rings. The number of benzene rings is 2. The molecule has 0 spiro atoms. The molecule has 136 valence electrons. The Hall–Kier alpha value is -3.11. The maximum absolute atomic E-state index is 13.0. The Morgan fingerprint density at radius 2 is 1.89 bits per heavy atom. The topological polar surface area (TPSA) is 79.0 Å². The number of carbonyl (C=O) groups excluding carboxylic acids is 1. The molecule has 2 aromatic carbocycles. The van der Waals surface area contributed by atoms with Crippen LogP contribution in [-0.2, 0) is 4.79 Å². The van der Waals surface area contributed by atoms with E-state index in [0.29, 0.717) is 28.3 Å². The zero-order valence-corrected chi connectivity index (χ0v) is 15.6. The maximum atomic E-state index is 13.0. The van der Waals surface area contributed by atoms with Crippen molar-refractivity contribution in [2.24, 2.45) is 0 Å². The molecule has 0 aliphatic carbocycles. The van der Waals surface area contributed by atoms with Crippen LogP contribution in [0.2, 0.25) is 0 Å². The SMILES string of the molecule is CN(CCC#N)C(=O)CSc1nc2ccccc2c(=O)n1-c1ccccc1. The van der Waals surface area contributed by atoms with Gasteiger partial charge in [0.15, 0.2) is 5.16 Å². The van der Waals surface area contributed by atoms with E-state index in [2.05, 4.69) is 4.98 Å². The highest BCUT2D eigenvalue weighted by molar-refractivity contribution is 7.99. The van der Waals surface area contributed by atoms with Crippen molar-refractivity contribution in [1.29, 1.82) is 5.26 Å². The molecule has 0 bridgehead atoms. The molecular weight excluding hydrogens is 360 g/mol. The predicted molar refractivity (Wildman–Crippen MR) is 106 cm³/mol. The average Bonchev–Trinajstić information content (AvgIpc) is 2.71. The minimum absolute atomic E-state index is 0.114. The molecule has 0 saturated heterocycles. The molecule has 3 rings (SSSR count). The number of aromatic nitrogens is 2. The number of thioether (sulfide) groups is 1. The van der Waals surface area contributed by atoms with Crippen molar-refractivity contribution >= 4 is 28.6 Å². The first-order valence-corrected chi connectivity index (χ1v) is 9.41. The van der Waals surface area contributed by atoms with E-state index in [0.717, 1.165) is 0 Å². The van der Waals surface area contributed by atoms with Gasteiger partial charge in [-0.1, -0.05) is 42.1 Å². The second kappa shape index (κ2) is 8.52. The van der Waals surface area contributed by atoms with Crippen LogP contribution in [0.5, 0.6) is 0 Å². The Labute approximate surface area is 161 Å². The van der Waals surface area contributed by atoms with Crippen LogP contribution in [0.1, 0.15) is 6.42 Å². The number of hydrogen-bond donors (Lipinski definition) is 0. The van der Waals surface area contributed by atoms with Gasteiger partial charge in [-0.3, -0.25) is 14.2 Å². The molecule has 1 amide bonds. The first kappa shape index (κ1) is 18.7. The zero-order valence-electron chi connectivity index (χ0n) is 14.8. The fourth-order valence-electron chi connectivity index (χ4n) is 2.59. The summed E-state index contributed by atoms with van der Waals surface area (Å²) < 4.78 is 1.54. The largest absolute Gasteiger partial charge is 0.344 e. The Morgan fingerprint density at radius 3 is 2.63 bits per heavy atom. The number of amides is 1. The van der Waals surface area contributed by atoms with E-state index in [1.54, 1.807) is 25.2 Å². The van der Waals surface area contributed by atoms with Gasteiger partial charge in [0.1, 0.15) is 0 Å². The summed E-state index contributed by atoms with van der Waals surface area (Å²) in [5.74, 6) is 0.0248. The molecule has 0 aliphatic heterocycles. The van der Waals surface area contributed by atoms with Gasteiger partial charge in [-0.2, -0.15) is 5.26 Å². The van der Waals surface area contributed by atoms with Crippen molar-refractivity contribution in [2.45, 2.75) is 11.6 Å². The predicted octanol–water partition coefficient (Wildman–Crippen LogP) is 2.85. The highest BCUT2D eigenvalue weighted by Crippen LogP contribution is 2.21. The highest BCUT2D eigenvalue weighted by atomic mass is 32.2. The van der Waals surface area contributed by atoms with Gasteiger partial charge in [0, 0.05) is 13.6 Å². The summed E-state index contributed by atoms with van der Waals surface area (Å²) in [7, 11) is 1.67. The Bertz CT molecular complexity index is 1060. The molecule has 0 aliphatic rings. The second-order valence-corrected chi connectivity index (χ2v) is 6.84. The first-order chi connectivity index (χ1) is 13.1. The summed E-state index contributed by atoms with van der Waals surface area (Å²) in [5.41, 5.74) is 1.13. The van der Waals surface area contributed by atoms with Crippen LogP contribution in [-0.4, -0.2) is 39.7 Å². The van der Waals surface area contributed by atoms with E-state index in [9.17, 15) is 9.59 Å². The van der Waals surface area contributed by atoms with E-state index < -0.39 is 0 Å². The van der Waals surface area contributed by atoms with Crippen LogP contribution in [0.25, 0.3) is 16.6 Å². The Balaban J connectivity index is 1.98. The molecule has 0 radical (unpaired) electrons. The van der Waals surface area contributed by atoms with Crippen LogP contribution < -0.4 is 5.56 Å². The van der Waals surface area contributed by atoms with E-state index in [1.807, 2.05) is 42.5 Å². The number of rotatable bonds is 6. The zero-order chi connectivity index (χ0) is 19.2. The quantitative estimate of drug-likeness (QED) is 0.487. The van der Waals surface area contributed by atoms with Crippen LogP contribution in [0.4, 0.5) is 0 Å². The number of nitriles is 1. The van der Waals surface area contributed by atoms with Crippen LogP contribution in [0.3, 0.4) is 0 Å². The molecule has 1 aromatic heterocycles. The van der Waals surface area contributed by atoms with Crippen molar-refractivity contribution < 1.29 is 4.79 Å². The van der Waals surface area contributed by atoms with Gasteiger partial charge in [0.2, 0.25) is 5.91 Å². The van der Waals surface area contributed by atoms with E-state index >= 15 is 0 Å². The lowest BCUT2D eigenvalue weighted by Gasteiger charge is -2.16. The van der Waals surface area contributed by atoms with E-state index in [-0.39, 0.29) is 23.6 Å². The molecule has 6 nitrogen and oxygen atoms in total. The average molecular weight is 378 g/mol. The fourth-order valence-corrected chi connectivity index (χ4v) is 3.55. The standard InChI is InChI=1S/C20H18N4O2S/c1-23(13-7-12-21)18(25)14-27-20-22-17-11-6-5-10-16(17)19(26)24(20)15-8-3-2-4-9-15/h2-6,8-11H,7,13-14H2,1H3. The lowest BCUT2D eigenvalue weighted by atomic mass is 10.2. The van der Waals surface area contributed by atoms with Crippen molar-refractivity contribution in [3.05, 3.63) is 65.0 Å². The van der Waals surface area contributed by atoms with Gasteiger partial charge in [0.25, 0.3) is 5.56 Å². The summed E-state index contributed by atoms with van der Waals surface area (Å²) in [6, 6.07) is 18.5. The van der Waals surface area contributed by atoms with Gasteiger partial charge < -0.3 is 4.90 Å². The molecular formula is C20H18N4O2S. The third-order valence-corrected chi connectivity index (χ3v) is 4.99. The molecule has 27 heavy (non-hydrogen) atoms. The molecule has 7 heteroatoms. The van der Waals surface area contributed by atoms with Crippen molar-refractivity contribution in [3.8, 4) is 11.8 Å². The minimum Gasteiger partial charge on any atom is -0.344 e. The normalized spacial score (nSPS) is 10.5. The fraction of sp³-hybridized carbons (Fsp3) is 0.200. The molecule has 1 heterocycles. The maximum Gasteiger partial charge on any atom is 0.266 e. The number of fused-ring (bicyclic) bond motifs is 1. The van der Waals surface area contributed by atoms with Gasteiger partial charge in [0.05, 0.1) is 34.8 Å². The summed E-state index contributed by atoms with van der Waals surface area (Å²) in [5, 5.41) is 9.65. The van der Waals surface area contributed by atoms with Crippen molar-refractivity contribution in [3.63, 3.8) is 0 Å². The third kappa shape index (κ3) is 4.18. The Kier molecular flexibility index (Phi) is 5.89. The van der Waals surface area contributed by atoms with Gasteiger partial charge in [-0.25, -0.2) is 4.98 Å². The minimum atomic E-state index is -0.167. The van der Waals surface area contributed by atoms with E-state index in [4.69, 9.17) is 5.26 Å². The van der Waals surface area contributed by atoms with Crippen molar-refractivity contribution in [2.75, 3.05) is 19.3 Å². The summed E-state index contributed by atoms with van der Waals surface area (Å²) >= 11 is 1.22. The monoisotopic (exact) mass is 378 g/mol. The lowest BCUT2D eigenvalue weighted by Crippen LogP contribution is -2.29. The molecule has 0 saturated carbocycles. The summed E-state index contributed by atoms with van der Waals surface area (Å²) in [6.45, 7) is 0.381. The van der Waals surface area contributed by atoms with Crippen molar-refractivity contribution in [1.82, 2.24) is 14.5 Å². The molecule has 0 N–H and O–H groups in total.